The lowest BCUT2D eigenvalue weighted by Crippen LogP contribution is -2.25. The summed E-state index contributed by atoms with van der Waals surface area (Å²) in [7, 11) is 0. The molecule has 3 nitrogen and oxygen atoms in total. The molecule has 0 aromatic heterocycles. The van der Waals surface area contributed by atoms with E-state index in [4.69, 9.17) is 17.3 Å². The van der Waals surface area contributed by atoms with Gasteiger partial charge in [-0.05, 0) is 45.8 Å². The van der Waals surface area contributed by atoms with E-state index in [1.54, 1.807) is 11.8 Å². The number of thioether (sulfide) groups is 1. The molecule has 23 heavy (non-hydrogen) atoms. The summed E-state index contributed by atoms with van der Waals surface area (Å²) in [5.41, 5.74) is 8.44. The molecule has 0 fully saturated rings. The zero-order valence-corrected chi connectivity index (χ0v) is 15.2. The van der Waals surface area contributed by atoms with Gasteiger partial charge in [0, 0.05) is 16.4 Å². The number of benzene rings is 2. The maximum Gasteiger partial charge on any atom is 0.223 e. The average Bonchev–Trinajstić information content (AvgIpc) is 2.85. The second-order valence-electron chi connectivity index (χ2n) is 5.09. The molecule has 0 saturated heterocycles. The highest BCUT2D eigenvalue weighted by atomic mass is 79.9. The minimum absolute atomic E-state index is 0.0263. The number of rotatable bonds is 4. The van der Waals surface area contributed by atoms with Crippen molar-refractivity contribution in [3.63, 3.8) is 0 Å². The number of carbonyl (C=O) groups excluding carboxylic acids is 1. The molecule has 1 unspecified atom stereocenters. The molecule has 6 heteroatoms. The standard InChI is InChI=1S/C17H14BrClN2OS/c18-16-14(10-15(20)22)21(13-4-2-1-3-5-13)17(23-16)11-6-8-12(19)9-7-11/h1-9,17H,10H2,(H2,20,22). The maximum atomic E-state index is 11.5. The number of anilines is 1. The van der Waals surface area contributed by atoms with Crippen molar-refractivity contribution >= 4 is 50.9 Å². The highest BCUT2D eigenvalue weighted by Crippen LogP contribution is 2.52. The fraction of sp³-hybridized carbons (Fsp3) is 0.118. The molecule has 1 amide bonds. The second-order valence-corrected chi connectivity index (χ2v) is 7.94. The summed E-state index contributed by atoms with van der Waals surface area (Å²) in [6, 6.07) is 17.7. The molecule has 1 aliphatic heterocycles. The third-order valence-electron chi connectivity index (χ3n) is 3.50. The maximum absolute atomic E-state index is 11.5. The van der Waals surface area contributed by atoms with Crippen molar-refractivity contribution in [3.05, 3.63) is 74.7 Å². The van der Waals surface area contributed by atoms with Crippen LogP contribution in [-0.4, -0.2) is 5.91 Å². The molecule has 0 radical (unpaired) electrons. The number of amides is 1. The number of nitrogens with two attached hydrogens (primary N) is 1. The first kappa shape index (κ1) is 16.4. The van der Waals surface area contributed by atoms with Crippen molar-refractivity contribution in [2.24, 2.45) is 5.73 Å². The number of primary amides is 1. The fourth-order valence-corrected chi connectivity index (χ4v) is 4.64. The quantitative estimate of drug-likeness (QED) is 0.770. The van der Waals surface area contributed by atoms with Gasteiger partial charge in [-0.2, -0.15) is 0 Å². The van der Waals surface area contributed by atoms with E-state index < -0.39 is 0 Å². The molecule has 2 aromatic carbocycles. The van der Waals surface area contributed by atoms with Crippen molar-refractivity contribution in [2.45, 2.75) is 11.8 Å². The fourth-order valence-electron chi connectivity index (χ4n) is 2.50. The summed E-state index contributed by atoms with van der Waals surface area (Å²) in [5, 5.41) is 0.728. The summed E-state index contributed by atoms with van der Waals surface area (Å²) < 4.78 is 0.931. The molecule has 2 aromatic rings. The minimum Gasteiger partial charge on any atom is -0.369 e. The van der Waals surface area contributed by atoms with Crippen LogP contribution in [0.3, 0.4) is 0 Å². The molecule has 3 rings (SSSR count). The molecular formula is C17H14BrClN2OS. The third-order valence-corrected chi connectivity index (χ3v) is 5.92. The molecule has 0 spiro atoms. The van der Waals surface area contributed by atoms with Crippen LogP contribution in [0.1, 0.15) is 17.4 Å². The van der Waals surface area contributed by atoms with Crippen LogP contribution in [-0.2, 0) is 4.79 Å². The topological polar surface area (TPSA) is 46.3 Å². The summed E-state index contributed by atoms with van der Waals surface area (Å²) in [4.78, 5) is 13.6. The van der Waals surface area contributed by atoms with Crippen LogP contribution < -0.4 is 10.6 Å². The lowest BCUT2D eigenvalue weighted by Gasteiger charge is -2.29. The second kappa shape index (κ2) is 6.99. The van der Waals surface area contributed by atoms with Crippen LogP contribution in [0.5, 0.6) is 0 Å². The smallest absolute Gasteiger partial charge is 0.223 e. The van der Waals surface area contributed by atoms with Crippen LogP contribution in [0.2, 0.25) is 5.02 Å². The molecule has 118 valence electrons. The predicted molar refractivity (Wildman–Crippen MR) is 100 cm³/mol. The number of para-hydroxylation sites is 1. The van der Waals surface area contributed by atoms with Crippen molar-refractivity contribution in [2.75, 3.05) is 4.90 Å². The number of hydrogen-bond donors (Lipinski definition) is 1. The van der Waals surface area contributed by atoms with E-state index in [1.807, 2.05) is 54.6 Å². The third kappa shape index (κ3) is 3.57. The normalized spacial score (nSPS) is 17.7. The van der Waals surface area contributed by atoms with Gasteiger partial charge in [-0.25, -0.2) is 0 Å². The summed E-state index contributed by atoms with van der Waals surface area (Å²) in [6.45, 7) is 0. The Balaban J connectivity index is 2.03. The zero-order valence-electron chi connectivity index (χ0n) is 12.1. The van der Waals surface area contributed by atoms with Crippen molar-refractivity contribution in [3.8, 4) is 0 Å². The SMILES string of the molecule is NC(=O)CC1=C(Br)SC(c2ccc(Cl)cc2)N1c1ccccc1. The van der Waals surface area contributed by atoms with Crippen LogP contribution in [0.25, 0.3) is 0 Å². The van der Waals surface area contributed by atoms with E-state index in [-0.39, 0.29) is 17.7 Å². The first-order chi connectivity index (χ1) is 11.1. The van der Waals surface area contributed by atoms with Gasteiger partial charge in [0.15, 0.2) is 0 Å². The van der Waals surface area contributed by atoms with E-state index in [1.165, 1.54) is 0 Å². The summed E-state index contributed by atoms with van der Waals surface area (Å²) in [6.07, 6.45) is 0.187. The monoisotopic (exact) mass is 408 g/mol. The largest absolute Gasteiger partial charge is 0.369 e. The summed E-state index contributed by atoms with van der Waals surface area (Å²) in [5.74, 6) is -0.352. The van der Waals surface area contributed by atoms with Crippen LogP contribution in [0.4, 0.5) is 5.69 Å². The number of carbonyl (C=O) groups is 1. The Labute approximate surface area is 152 Å². The number of halogens is 2. The highest BCUT2D eigenvalue weighted by molar-refractivity contribution is 9.14. The van der Waals surface area contributed by atoms with Crippen molar-refractivity contribution in [1.82, 2.24) is 0 Å². The average molecular weight is 410 g/mol. The Kier molecular flexibility index (Phi) is 4.99. The van der Waals surface area contributed by atoms with Gasteiger partial charge in [-0.3, -0.25) is 4.79 Å². The molecule has 1 atom stereocenters. The Morgan fingerprint density at radius 3 is 2.43 bits per heavy atom. The first-order valence-corrected chi connectivity index (χ1v) is 9.04. The highest BCUT2D eigenvalue weighted by Gasteiger charge is 2.34. The van der Waals surface area contributed by atoms with Gasteiger partial charge in [-0.15, -0.1) is 0 Å². The zero-order chi connectivity index (χ0) is 16.4. The van der Waals surface area contributed by atoms with E-state index in [0.717, 1.165) is 20.8 Å². The first-order valence-electron chi connectivity index (χ1n) is 6.99. The van der Waals surface area contributed by atoms with Gasteiger partial charge >= 0.3 is 0 Å². The number of hydrogen-bond acceptors (Lipinski definition) is 3. The van der Waals surface area contributed by atoms with Crippen molar-refractivity contribution in [1.29, 1.82) is 0 Å². The van der Waals surface area contributed by atoms with Gasteiger partial charge in [0.05, 0.1) is 10.2 Å². The Morgan fingerprint density at radius 1 is 1.17 bits per heavy atom. The predicted octanol–water partition coefficient (Wildman–Crippen LogP) is 5.03. The van der Waals surface area contributed by atoms with E-state index in [9.17, 15) is 4.79 Å². The van der Waals surface area contributed by atoms with Gasteiger partial charge in [0.2, 0.25) is 5.91 Å². The van der Waals surface area contributed by atoms with Gasteiger partial charge in [-0.1, -0.05) is 53.7 Å². The molecule has 0 aliphatic carbocycles. The van der Waals surface area contributed by atoms with Crippen LogP contribution in [0.15, 0.2) is 64.1 Å². The molecule has 0 bridgehead atoms. The van der Waals surface area contributed by atoms with E-state index in [2.05, 4.69) is 20.8 Å². The van der Waals surface area contributed by atoms with Gasteiger partial charge < -0.3 is 10.6 Å². The molecule has 1 heterocycles. The lowest BCUT2D eigenvalue weighted by molar-refractivity contribution is -0.117. The Bertz CT molecular complexity index is 749. The van der Waals surface area contributed by atoms with Crippen LogP contribution in [0, 0.1) is 0 Å². The minimum atomic E-state index is -0.352. The van der Waals surface area contributed by atoms with E-state index >= 15 is 0 Å². The lowest BCUT2D eigenvalue weighted by atomic mass is 10.1. The van der Waals surface area contributed by atoms with Gasteiger partial charge in [0.25, 0.3) is 0 Å². The molecule has 1 aliphatic rings. The van der Waals surface area contributed by atoms with Crippen molar-refractivity contribution < 1.29 is 4.79 Å². The Hall–Kier alpha value is -1.43. The molecule has 2 N–H and O–H groups in total. The van der Waals surface area contributed by atoms with E-state index in [0.29, 0.717) is 5.02 Å². The summed E-state index contributed by atoms with van der Waals surface area (Å²) >= 11 is 11.2. The van der Waals surface area contributed by atoms with Gasteiger partial charge in [0.1, 0.15) is 5.37 Å². The Morgan fingerprint density at radius 2 is 1.83 bits per heavy atom. The molecule has 0 saturated carbocycles. The number of nitrogens with zero attached hydrogens (tertiary/aromatic N) is 1. The van der Waals surface area contributed by atoms with Crippen LogP contribution >= 0.6 is 39.3 Å². The molecular weight excluding hydrogens is 396 g/mol.